The van der Waals surface area contributed by atoms with Crippen molar-refractivity contribution in [2.45, 2.75) is 18.9 Å². The zero-order valence-electron chi connectivity index (χ0n) is 11.4. The maximum atomic E-state index is 13.4. The second kappa shape index (κ2) is 5.65. The van der Waals surface area contributed by atoms with Crippen molar-refractivity contribution in [3.63, 3.8) is 0 Å². The third kappa shape index (κ3) is 2.95. The maximum Gasteiger partial charge on any atom is 0.252 e. The number of hydrogen-bond acceptors (Lipinski definition) is 3. The standard InChI is InChI=1S/C15H16FN3O2/c16-9-3-4-13-11(6-9)12(7-14(20)19-13)15(21)18-10-2-1-5-17-8-10/h3-4,6-7,10,17H,1-2,5,8H2,(H,18,21)(H,19,20)/t10-/m0/s1. The molecule has 1 aromatic heterocycles. The minimum absolute atomic E-state index is 0.0362. The molecule has 21 heavy (non-hydrogen) atoms. The van der Waals surface area contributed by atoms with E-state index in [1.807, 2.05) is 0 Å². The predicted octanol–water partition coefficient (Wildman–Crippen LogP) is 1.15. The summed E-state index contributed by atoms with van der Waals surface area (Å²) in [6.45, 7) is 1.66. The van der Waals surface area contributed by atoms with Crippen molar-refractivity contribution in [1.29, 1.82) is 0 Å². The molecule has 1 aliphatic heterocycles. The van der Waals surface area contributed by atoms with E-state index in [2.05, 4.69) is 15.6 Å². The molecule has 3 N–H and O–H groups in total. The number of piperidine rings is 1. The average molecular weight is 289 g/mol. The summed E-state index contributed by atoms with van der Waals surface area (Å²) in [5.74, 6) is -0.784. The number of nitrogens with one attached hydrogen (secondary N) is 3. The lowest BCUT2D eigenvalue weighted by molar-refractivity contribution is 0.0932. The van der Waals surface area contributed by atoms with Gasteiger partial charge >= 0.3 is 0 Å². The van der Waals surface area contributed by atoms with Crippen molar-refractivity contribution < 1.29 is 9.18 Å². The van der Waals surface area contributed by atoms with Gasteiger partial charge in [0, 0.05) is 29.6 Å². The number of aromatic amines is 1. The van der Waals surface area contributed by atoms with Crippen molar-refractivity contribution >= 4 is 16.8 Å². The predicted molar refractivity (Wildman–Crippen MR) is 77.9 cm³/mol. The molecule has 1 amide bonds. The Labute approximate surface area is 120 Å². The van der Waals surface area contributed by atoms with E-state index < -0.39 is 5.82 Å². The SMILES string of the molecule is O=C(N[C@H]1CCCNC1)c1cc(=O)[nH]c2ccc(F)cc12. The molecular formula is C15H16FN3O2. The van der Waals surface area contributed by atoms with Crippen molar-refractivity contribution in [3.05, 3.63) is 46.0 Å². The van der Waals surface area contributed by atoms with Crippen molar-refractivity contribution in [1.82, 2.24) is 15.6 Å². The first-order chi connectivity index (χ1) is 10.1. The van der Waals surface area contributed by atoms with Crippen LogP contribution in [-0.4, -0.2) is 30.0 Å². The fraction of sp³-hybridized carbons (Fsp3) is 0.333. The van der Waals surface area contributed by atoms with Gasteiger partial charge in [0.2, 0.25) is 5.56 Å². The topological polar surface area (TPSA) is 74.0 Å². The van der Waals surface area contributed by atoms with Crippen LogP contribution in [0.15, 0.2) is 29.1 Å². The molecule has 1 atom stereocenters. The fourth-order valence-corrected chi connectivity index (χ4v) is 2.65. The van der Waals surface area contributed by atoms with Gasteiger partial charge in [-0.2, -0.15) is 0 Å². The lowest BCUT2D eigenvalue weighted by Crippen LogP contribution is -2.45. The van der Waals surface area contributed by atoms with Gasteiger partial charge in [-0.1, -0.05) is 0 Å². The smallest absolute Gasteiger partial charge is 0.252 e. The fourth-order valence-electron chi connectivity index (χ4n) is 2.65. The molecule has 2 heterocycles. The number of benzene rings is 1. The van der Waals surface area contributed by atoms with Gasteiger partial charge in [-0.15, -0.1) is 0 Å². The van der Waals surface area contributed by atoms with Crippen LogP contribution in [0, 0.1) is 5.82 Å². The second-order valence-corrected chi connectivity index (χ2v) is 5.25. The number of amides is 1. The molecule has 3 rings (SSSR count). The number of aromatic nitrogens is 1. The van der Waals surface area contributed by atoms with Crippen molar-refractivity contribution in [2.24, 2.45) is 0 Å². The molecule has 0 spiro atoms. The van der Waals surface area contributed by atoms with Crippen LogP contribution in [0.5, 0.6) is 0 Å². The number of fused-ring (bicyclic) bond motifs is 1. The largest absolute Gasteiger partial charge is 0.348 e. The molecule has 0 unspecified atom stereocenters. The lowest BCUT2D eigenvalue weighted by Gasteiger charge is -2.24. The molecule has 2 aromatic rings. The Morgan fingerprint density at radius 3 is 2.95 bits per heavy atom. The number of carbonyl (C=O) groups excluding carboxylic acids is 1. The van der Waals surface area contributed by atoms with E-state index in [4.69, 9.17) is 0 Å². The Kier molecular flexibility index (Phi) is 3.70. The van der Waals surface area contributed by atoms with Crippen LogP contribution in [0.3, 0.4) is 0 Å². The van der Waals surface area contributed by atoms with Gasteiger partial charge in [0.05, 0.1) is 5.56 Å². The number of carbonyl (C=O) groups is 1. The second-order valence-electron chi connectivity index (χ2n) is 5.25. The molecule has 1 aliphatic rings. The van der Waals surface area contributed by atoms with Gasteiger partial charge in [-0.25, -0.2) is 4.39 Å². The van der Waals surface area contributed by atoms with Crippen LogP contribution in [-0.2, 0) is 0 Å². The Bertz CT molecular complexity index is 735. The van der Waals surface area contributed by atoms with Gasteiger partial charge in [-0.3, -0.25) is 9.59 Å². The van der Waals surface area contributed by atoms with Crippen molar-refractivity contribution in [3.8, 4) is 0 Å². The van der Waals surface area contributed by atoms with Crippen LogP contribution in [0.1, 0.15) is 23.2 Å². The monoisotopic (exact) mass is 289 g/mol. The van der Waals surface area contributed by atoms with Gasteiger partial charge in [0.25, 0.3) is 5.91 Å². The summed E-state index contributed by atoms with van der Waals surface area (Å²) in [4.78, 5) is 26.6. The highest BCUT2D eigenvalue weighted by Gasteiger charge is 2.18. The minimum atomic E-state index is -0.442. The zero-order chi connectivity index (χ0) is 14.8. The summed E-state index contributed by atoms with van der Waals surface area (Å²) in [6.07, 6.45) is 1.89. The van der Waals surface area contributed by atoms with Crippen LogP contribution in [0.2, 0.25) is 0 Å². The number of halogens is 1. The number of rotatable bonds is 2. The Morgan fingerprint density at radius 1 is 1.33 bits per heavy atom. The molecule has 6 heteroatoms. The third-order valence-electron chi connectivity index (χ3n) is 3.68. The highest BCUT2D eigenvalue weighted by atomic mass is 19.1. The van der Waals surface area contributed by atoms with Crippen LogP contribution >= 0.6 is 0 Å². The summed E-state index contributed by atoms with van der Waals surface area (Å²) in [5, 5.41) is 6.52. The van der Waals surface area contributed by atoms with E-state index in [0.29, 0.717) is 17.4 Å². The molecule has 0 saturated carbocycles. The number of hydrogen-bond donors (Lipinski definition) is 3. The molecule has 1 fully saturated rings. The van der Waals surface area contributed by atoms with Crippen molar-refractivity contribution in [2.75, 3.05) is 13.1 Å². The molecular weight excluding hydrogens is 273 g/mol. The summed E-state index contributed by atoms with van der Waals surface area (Å²) in [6, 6.07) is 5.23. The van der Waals surface area contributed by atoms with E-state index in [1.165, 1.54) is 24.3 Å². The van der Waals surface area contributed by atoms with Gasteiger partial charge in [-0.05, 0) is 37.6 Å². The number of H-pyrrole nitrogens is 1. The minimum Gasteiger partial charge on any atom is -0.348 e. The van der Waals surface area contributed by atoms with E-state index >= 15 is 0 Å². The van der Waals surface area contributed by atoms with Crippen LogP contribution in [0.25, 0.3) is 10.9 Å². The summed E-state index contributed by atoms with van der Waals surface area (Å²) >= 11 is 0. The quantitative estimate of drug-likeness (QED) is 0.776. The Balaban J connectivity index is 1.96. The molecule has 0 radical (unpaired) electrons. The van der Waals surface area contributed by atoms with E-state index in [1.54, 1.807) is 0 Å². The first-order valence-corrected chi connectivity index (χ1v) is 6.97. The van der Waals surface area contributed by atoms with E-state index in [-0.39, 0.29) is 23.1 Å². The molecule has 1 aromatic carbocycles. The third-order valence-corrected chi connectivity index (χ3v) is 3.68. The summed E-state index contributed by atoms with van der Waals surface area (Å²) in [7, 11) is 0. The van der Waals surface area contributed by atoms with Crippen LogP contribution < -0.4 is 16.2 Å². The normalized spacial score (nSPS) is 18.6. The highest BCUT2D eigenvalue weighted by Crippen LogP contribution is 2.17. The lowest BCUT2D eigenvalue weighted by atomic mass is 10.1. The zero-order valence-corrected chi connectivity index (χ0v) is 11.4. The number of pyridine rings is 1. The highest BCUT2D eigenvalue weighted by molar-refractivity contribution is 6.06. The van der Waals surface area contributed by atoms with Crippen LogP contribution in [0.4, 0.5) is 4.39 Å². The maximum absolute atomic E-state index is 13.4. The summed E-state index contributed by atoms with van der Waals surface area (Å²) in [5.41, 5.74) is 0.288. The Morgan fingerprint density at radius 2 is 2.19 bits per heavy atom. The van der Waals surface area contributed by atoms with E-state index in [9.17, 15) is 14.0 Å². The first kappa shape index (κ1) is 13.8. The molecule has 110 valence electrons. The molecule has 1 saturated heterocycles. The summed E-state index contributed by atoms with van der Waals surface area (Å²) < 4.78 is 13.4. The van der Waals surface area contributed by atoms with E-state index in [0.717, 1.165) is 19.4 Å². The molecule has 5 nitrogen and oxygen atoms in total. The first-order valence-electron chi connectivity index (χ1n) is 6.97. The van der Waals surface area contributed by atoms with Gasteiger partial charge < -0.3 is 15.6 Å². The van der Waals surface area contributed by atoms with Gasteiger partial charge in [0.15, 0.2) is 0 Å². The molecule has 0 bridgehead atoms. The Hall–Kier alpha value is -2.21. The van der Waals surface area contributed by atoms with Gasteiger partial charge in [0.1, 0.15) is 5.82 Å². The molecule has 0 aliphatic carbocycles. The average Bonchev–Trinajstić information content (AvgIpc) is 2.48.